The van der Waals surface area contributed by atoms with Crippen LogP contribution in [0, 0.1) is 6.92 Å². The summed E-state index contributed by atoms with van der Waals surface area (Å²) < 4.78 is 12.5. The Morgan fingerprint density at radius 2 is 1.81 bits per heavy atom. The van der Waals surface area contributed by atoms with Crippen LogP contribution in [-0.4, -0.2) is 28.4 Å². The van der Waals surface area contributed by atoms with Crippen molar-refractivity contribution in [2.24, 2.45) is 0 Å². The van der Waals surface area contributed by atoms with Gasteiger partial charge >= 0.3 is 5.97 Å². The number of hydrogen-bond donors (Lipinski definition) is 1. The molecule has 7 nitrogen and oxygen atoms in total. The van der Waals surface area contributed by atoms with Crippen molar-refractivity contribution in [2.45, 2.75) is 13.5 Å². The summed E-state index contributed by atoms with van der Waals surface area (Å²) in [6.45, 7) is 2.31. The quantitative estimate of drug-likeness (QED) is 0.476. The van der Waals surface area contributed by atoms with E-state index in [-0.39, 0.29) is 12.5 Å². The largest absolute Gasteiger partial charge is 0.487 e. The maximum atomic E-state index is 12.6. The van der Waals surface area contributed by atoms with Crippen molar-refractivity contribution in [1.29, 1.82) is 0 Å². The van der Waals surface area contributed by atoms with E-state index in [4.69, 9.17) is 9.47 Å². The standard InChI is InChI=1S/C24H21N3O4/c1-16-9-10-22-25-20(14-27(22)13-16)15-31-21-8-4-5-17(12-21)23(28)26-19-7-3-6-18(11-19)24(29)30-2/h3-14H,15H2,1-2H3,(H,26,28). The molecule has 0 unspecified atom stereocenters. The first kappa shape index (κ1) is 20.2. The van der Waals surface area contributed by atoms with Gasteiger partial charge in [-0.25, -0.2) is 9.78 Å². The molecule has 0 aliphatic rings. The van der Waals surface area contributed by atoms with Crippen molar-refractivity contribution < 1.29 is 19.1 Å². The van der Waals surface area contributed by atoms with Gasteiger partial charge in [-0.15, -0.1) is 0 Å². The number of imidazole rings is 1. The lowest BCUT2D eigenvalue weighted by Crippen LogP contribution is -2.12. The van der Waals surface area contributed by atoms with Crippen molar-refractivity contribution in [3.8, 4) is 5.75 Å². The van der Waals surface area contributed by atoms with Crippen molar-refractivity contribution in [1.82, 2.24) is 9.38 Å². The van der Waals surface area contributed by atoms with Crippen LogP contribution in [0.2, 0.25) is 0 Å². The highest BCUT2D eigenvalue weighted by Crippen LogP contribution is 2.18. The molecule has 2 aromatic heterocycles. The summed E-state index contributed by atoms with van der Waals surface area (Å²) in [5.74, 6) is -0.214. The second kappa shape index (κ2) is 8.71. The number of benzene rings is 2. The van der Waals surface area contributed by atoms with Crippen LogP contribution in [0.15, 0.2) is 73.1 Å². The molecule has 0 aliphatic heterocycles. The van der Waals surface area contributed by atoms with Crippen molar-refractivity contribution in [2.75, 3.05) is 12.4 Å². The molecule has 31 heavy (non-hydrogen) atoms. The number of rotatable bonds is 6. The molecule has 1 N–H and O–H groups in total. The Morgan fingerprint density at radius 3 is 2.65 bits per heavy atom. The highest BCUT2D eigenvalue weighted by Gasteiger charge is 2.11. The number of amides is 1. The predicted octanol–water partition coefficient (Wildman–Crippen LogP) is 4.26. The topological polar surface area (TPSA) is 81.9 Å². The molecule has 1 amide bonds. The number of pyridine rings is 1. The van der Waals surface area contributed by atoms with Crippen LogP contribution in [0.25, 0.3) is 5.65 Å². The maximum absolute atomic E-state index is 12.6. The number of carbonyl (C=O) groups is 2. The fourth-order valence-corrected chi connectivity index (χ4v) is 3.15. The molecule has 2 heterocycles. The van der Waals surface area contributed by atoms with E-state index in [0.29, 0.717) is 22.6 Å². The lowest BCUT2D eigenvalue weighted by Gasteiger charge is -2.09. The molecule has 0 saturated heterocycles. The third-order valence-electron chi connectivity index (χ3n) is 4.67. The number of carbonyl (C=O) groups excluding carboxylic acids is 2. The number of ether oxygens (including phenoxy) is 2. The number of fused-ring (bicyclic) bond motifs is 1. The number of nitrogens with one attached hydrogen (secondary N) is 1. The molecule has 0 bridgehead atoms. The Morgan fingerprint density at radius 1 is 1.00 bits per heavy atom. The molecule has 0 aliphatic carbocycles. The minimum atomic E-state index is -0.464. The minimum Gasteiger partial charge on any atom is -0.487 e. The molecular formula is C24H21N3O4. The Kier molecular flexibility index (Phi) is 5.66. The van der Waals surface area contributed by atoms with Gasteiger partial charge in [0, 0.05) is 23.6 Å². The summed E-state index contributed by atoms with van der Waals surface area (Å²) >= 11 is 0. The molecule has 0 saturated carbocycles. The summed E-state index contributed by atoms with van der Waals surface area (Å²) in [5.41, 5.74) is 4.09. The Bertz CT molecular complexity index is 1260. The van der Waals surface area contributed by atoms with E-state index in [9.17, 15) is 9.59 Å². The number of anilines is 1. The van der Waals surface area contributed by atoms with Gasteiger partial charge in [-0.3, -0.25) is 4.79 Å². The zero-order valence-electron chi connectivity index (χ0n) is 17.2. The van der Waals surface area contributed by atoms with Gasteiger partial charge in [0.25, 0.3) is 5.91 Å². The Labute approximate surface area is 179 Å². The predicted molar refractivity (Wildman–Crippen MR) is 116 cm³/mol. The number of aromatic nitrogens is 2. The van der Waals surface area contributed by atoms with Crippen LogP contribution >= 0.6 is 0 Å². The lowest BCUT2D eigenvalue weighted by atomic mass is 10.1. The number of hydrogen-bond acceptors (Lipinski definition) is 5. The summed E-state index contributed by atoms with van der Waals surface area (Å²) in [4.78, 5) is 28.8. The van der Waals surface area contributed by atoms with Crippen molar-refractivity contribution in [3.05, 3.63) is 95.4 Å². The molecule has 0 fully saturated rings. The average molecular weight is 415 g/mol. The molecule has 2 aromatic carbocycles. The molecule has 7 heteroatoms. The van der Waals surface area contributed by atoms with Crippen LogP contribution in [-0.2, 0) is 11.3 Å². The molecule has 0 radical (unpaired) electrons. The summed E-state index contributed by atoms with van der Waals surface area (Å²) in [5, 5.41) is 2.78. The highest BCUT2D eigenvalue weighted by atomic mass is 16.5. The SMILES string of the molecule is COC(=O)c1cccc(NC(=O)c2cccc(OCc3cn4cc(C)ccc4n3)c2)c1. The Balaban J connectivity index is 1.43. The van der Waals surface area contributed by atoms with Gasteiger partial charge in [0.2, 0.25) is 0 Å². The van der Waals surface area contributed by atoms with E-state index < -0.39 is 5.97 Å². The van der Waals surface area contributed by atoms with Crippen molar-refractivity contribution >= 4 is 23.2 Å². The fraction of sp³-hybridized carbons (Fsp3) is 0.125. The third kappa shape index (κ3) is 4.72. The first-order valence-electron chi connectivity index (χ1n) is 9.68. The highest BCUT2D eigenvalue weighted by molar-refractivity contribution is 6.05. The van der Waals surface area contributed by atoms with E-state index in [2.05, 4.69) is 10.3 Å². The number of nitrogens with zero attached hydrogens (tertiary/aromatic N) is 2. The smallest absolute Gasteiger partial charge is 0.337 e. The van der Waals surface area contributed by atoms with E-state index in [1.165, 1.54) is 7.11 Å². The molecule has 4 rings (SSSR count). The summed E-state index contributed by atoms with van der Waals surface area (Å²) in [6.07, 6.45) is 3.93. The normalized spacial score (nSPS) is 10.6. The van der Waals surface area contributed by atoms with E-state index >= 15 is 0 Å². The van der Waals surface area contributed by atoms with Gasteiger partial charge < -0.3 is 19.2 Å². The summed E-state index contributed by atoms with van der Waals surface area (Å²) in [7, 11) is 1.31. The van der Waals surface area contributed by atoms with Gasteiger partial charge in [0.05, 0.1) is 18.4 Å². The minimum absolute atomic E-state index is 0.285. The van der Waals surface area contributed by atoms with E-state index in [0.717, 1.165) is 16.9 Å². The molecule has 0 atom stereocenters. The molecule has 0 spiro atoms. The van der Waals surface area contributed by atoms with Crippen LogP contribution in [0.1, 0.15) is 32.0 Å². The Hall–Kier alpha value is -4.13. The van der Waals surface area contributed by atoms with E-state index in [1.807, 2.05) is 35.9 Å². The zero-order chi connectivity index (χ0) is 21.8. The number of aryl methyl sites for hydroxylation is 1. The zero-order valence-corrected chi connectivity index (χ0v) is 17.2. The second-order valence-electron chi connectivity index (χ2n) is 7.05. The molecular weight excluding hydrogens is 394 g/mol. The maximum Gasteiger partial charge on any atom is 0.337 e. The summed E-state index contributed by atoms with van der Waals surface area (Å²) in [6, 6.07) is 17.4. The molecule has 4 aromatic rings. The van der Waals surface area contributed by atoms with Gasteiger partial charge in [-0.1, -0.05) is 18.2 Å². The first-order chi connectivity index (χ1) is 15.0. The van der Waals surface area contributed by atoms with Crippen LogP contribution in [0.5, 0.6) is 5.75 Å². The van der Waals surface area contributed by atoms with Crippen LogP contribution in [0.4, 0.5) is 5.69 Å². The van der Waals surface area contributed by atoms with Crippen molar-refractivity contribution in [3.63, 3.8) is 0 Å². The van der Waals surface area contributed by atoms with E-state index in [1.54, 1.807) is 48.5 Å². The first-order valence-corrected chi connectivity index (χ1v) is 9.68. The van der Waals surface area contributed by atoms with Gasteiger partial charge in [0.15, 0.2) is 0 Å². The van der Waals surface area contributed by atoms with Gasteiger partial charge in [-0.05, 0) is 55.0 Å². The van der Waals surface area contributed by atoms with Gasteiger partial charge in [0.1, 0.15) is 18.0 Å². The number of esters is 1. The average Bonchev–Trinajstić information content (AvgIpc) is 3.19. The van der Waals surface area contributed by atoms with Crippen LogP contribution < -0.4 is 10.1 Å². The van der Waals surface area contributed by atoms with Gasteiger partial charge in [-0.2, -0.15) is 0 Å². The van der Waals surface area contributed by atoms with Crippen LogP contribution in [0.3, 0.4) is 0 Å². The second-order valence-corrected chi connectivity index (χ2v) is 7.05. The monoisotopic (exact) mass is 415 g/mol. The third-order valence-corrected chi connectivity index (χ3v) is 4.67. The lowest BCUT2D eigenvalue weighted by molar-refractivity contribution is 0.0600. The number of methoxy groups -OCH3 is 1. The fourth-order valence-electron chi connectivity index (χ4n) is 3.15. The molecule has 156 valence electrons.